The molecule has 0 fully saturated rings. The van der Waals surface area contributed by atoms with Gasteiger partial charge in [-0.3, -0.25) is 0 Å². The van der Waals surface area contributed by atoms with Crippen molar-refractivity contribution in [2.75, 3.05) is 18.8 Å². The van der Waals surface area contributed by atoms with Gasteiger partial charge in [0.05, 0.1) is 4.90 Å². The summed E-state index contributed by atoms with van der Waals surface area (Å²) in [5, 5.41) is 0. The van der Waals surface area contributed by atoms with Crippen molar-refractivity contribution >= 4 is 15.7 Å². The van der Waals surface area contributed by atoms with E-state index in [0.717, 1.165) is 0 Å². The number of anilines is 1. The van der Waals surface area contributed by atoms with E-state index in [-0.39, 0.29) is 0 Å². The molecule has 0 atom stereocenters. The first-order valence-corrected chi connectivity index (χ1v) is 7.26. The molecule has 1 aromatic carbocycles. The van der Waals surface area contributed by atoms with E-state index in [4.69, 9.17) is 5.73 Å². The molecule has 0 heterocycles. The Morgan fingerprint density at radius 3 is 2.22 bits per heavy atom. The van der Waals surface area contributed by atoms with Gasteiger partial charge >= 0.3 is 0 Å². The number of benzene rings is 1. The highest BCUT2D eigenvalue weighted by Gasteiger charge is 2.25. The van der Waals surface area contributed by atoms with Crippen molar-refractivity contribution in [3.8, 4) is 0 Å². The average Bonchev–Trinajstić information content (AvgIpc) is 2.23. The molecule has 0 bridgehead atoms. The predicted octanol–water partition coefficient (Wildman–Crippen LogP) is 2.08. The summed E-state index contributed by atoms with van der Waals surface area (Å²) < 4.78 is 26.5. The van der Waals surface area contributed by atoms with Gasteiger partial charge in [-0.15, -0.1) is 6.58 Å². The Labute approximate surface area is 109 Å². The Morgan fingerprint density at radius 2 is 1.83 bits per heavy atom. The fourth-order valence-corrected chi connectivity index (χ4v) is 3.89. The van der Waals surface area contributed by atoms with Crippen LogP contribution in [0.4, 0.5) is 5.69 Å². The van der Waals surface area contributed by atoms with Gasteiger partial charge in [-0.2, -0.15) is 4.31 Å². The fraction of sp³-hybridized carbons (Fsp3) is 0.385. The van der Waals surface area contributed by atoms with Crippen LogP contribution in [0.2, 0.25) is 0 Å². The Morgan fingerprint density at radius 1 is 1.33 bits per heavy atom. The van der Waals surface area contributed by atoms with Crippen molar-refractivity contribution in [1.29, 1.82) is 0 Å². The van der Waals surface area contributed by atoms with E-state index in [1.54, 1.807) is 32.1 Å². The van der Waals surface area contributed by atoms with E-state index in [1.807, 2.05) is 6.92 Å². The molecular formula is C13H20N2O2S. The third kappa shape index (κ3) is 2.73. The van der Waals surface area contributed by atoms with Gasteiger partial charge in [0.2, 0.25) is 10.0 Å². The SMILES string of the molecule is C=CCN(CC)S(=O)(=O)c1c(C)cc(N)cc1C. The molecule has 0 radical (unpaired) electrons. The molecule has 100 valence electrons. The van der Waals surface area contributed by atoms with Gasteiger partial charge in [-0.05, 0) is 37.1 Å². The third-order valence-electron chi connectivity index (χ3n) is 2.77. The molecule has 4 nitrogen and oxygen atoms in total. The smallest absolute Gasteiger partial charge is 0.243 e. The maximum absolute atomic E-state index is 12.5. The molecule has 0 aliphatic carbocycles. The number of nitrogens with two attached hydrogens (primary N) is 1. The van der Waals surface area contributed by atoms with Gasteiger partial charge in [0, 0.05) is 18.8 Å². The molecule has 2 N–H and O–H groups in total. The van der Waals surface area contributed by atoms with Crippen molar-refractivity contribution < 1.29 is 8.42 Å². The number of aryl methyl sites for hydroxylation is 2. The predicted molar refractivity (Wildman–Crippen MR) is 75.0 cm³/mol. The van der Waals surface area contributed by atoms with E-state index in [1.165, 1.54) is 4.31 Å². The zero-order chi connectivity index (χ0) is 13.9. The molecule has 0 unspecified atom stereocenters. The summed E-state index contributed by atoms with van der Waals surface area (Å²) in [5.41, 5.74) is 7.65. The minimum atomic E-state index is -3.48. The summed E-state index contributed by atoms with van der Waals surface area (Å²) in [6.07, 6.45) is 1.59. The van der Waals surface area contributed by atoms with Crippen LogP contribution in [-0.2, 0) is 10.0 Å². The lowest BCUT2D eigenvalue weighted by atomic mass is 10.1. The summed E-state index contributed by atoms with van der Waals surface area (Å²) >= 11 is 0. The Balaban J connectivity index is 3.40. The minimum Gasteiger partial charge on any atom is -0.399 e. The summed E-state index contributed by atoms with van der Waals surface area (Å²) in [7, 11) is -3.48. The maximum atomic E-state index is 12.5. The Hall–Kier alpha value is -1.33. The summed E-state index contributed by atoms with van der Waals surface area (Å²) in [6.45, 7) is 9.64. The molecular weight excluding hydrogens is 248 g/mol. The summed E-state index contributed by atoms with van der Waals surface area (Å²) in [6, 6.07) is 3.36. The second-order valence-electron chi connectivity index (χ2n) is 4.23. The number of sulfonamides is 1. The standard InChI is InChI=1S/C13H20N2O2S/c1-5-7-15(6-2)18(16,17)13-10(3)8-12(14)9-11(13)4/h5,8-9H,1,6-7,14H2,2-4H3. The van der Waals surface area contributed by atoms with Crippen LogP contribution in [0.1, 0.15) is 18.1 Å². The molecule has 0 aromatic heterocycles. The molecule has 0 aliphatic heterocycles. The number of nitrogen functional groups attached to an aromatic ring is 1. The number of rotatable bonds is 5. The summed E-state index contributed by atoms with van der Waals surface area (Å²) in [4.78, 5) is 0.348. The van der Waals surface area contributed by atoms with Gasteiger partial charge in [0.25, 0.3) is 0 Å². The molecule has 0 amide bonds. The number of nitrogens with zero attached hydrogens (tertiary/aromatic N) is 1. The topological polar surface area (TPSA) is 63.4 Å². The zero-order valence-electron chi connectivity index (χ0n) is 11.1. The highest BCUT2D eigenvalue weighted by molar-refractivity contribution is 7.89. The largest absolute Gasteiger partial charge is 0.399 e. The fourth-order valence-electron chi connectivity index (χ4n) is 2.06. The van der Waals surface area contributed by atoms with Crippen molar-refractivity contribution in [3.05, 3.63) is 35.9 Å². The lowest BCUT2D eigenvalue weighted by molar-refractivity contribution is 0.459. The number of likely N-dealkylation sites (N-methyl/N-ethyl adjacent to an activating group) is 1. The van der Waals surface area contributed by atoms with Crippen molar-refractivity contribution in [3.63, 3.8) is 0 Å². The first-order valence-electron chi connectivity index (χ1n) is 5.82. The van der Waals surface area contributed by atoms with E-state index >= 15 is 0 Å². The van der Waals surface area contributed by atoms with Crippen LogP contribution >= 0.6 is 0 Å². The molecule has 0 saturated heterocycles. The van der Waals surface area contributed by atoms with Crippen LogP contribution in [0.5, 0.6) is 0 Å². The van der Waals surface area contributed by atoms with Crippen LogP contribution in [0.25, 0.3) is 0 Å². The number of hydrogen-bond acceptors (Lipinski definition) is 3. The number of hydrogen-bond donors (Lipinski definition) is 1. The second kappa shape index (κ2) is 5.54. The Bertz CT molecular complexity index is 527. The van der Waals surface area contributed by atoms with Gasteiger partial charge in [0.1, 0.15) is 0 Å². The first-order chi connectivity index (χ1) is 8.34. The van der Waals surface area contributed by atoms with Crippen LogP contribution in [0.15, 0.2) is 29.7 Å². The molecule has 1 rings (SSSR count). The lowest BCUT2D eigenvalue weighted by Gasteiger charge is -2.21. The molecule has 0 aliphatic rings. The van der Waals surface area contributed by atoms with Crippen molar-refractivity contribution in [1.82, 2.24) is 4.31 Å². The van der Waals surface area contributed by atoms with Crippen molar-refractivity contribution in [2.24, 2.45) is 0 Å². The quantitative estimate of drug-likeness (QED) is 0.657. The van der Waals surface area contributed by atoms with Crippen molar-refractivity contribution in [2.45, 2.75) is 25.7 Å². The van der Waals surface area contributed by atoms with Crippen LogP contribution in [0, 0.1) is 13.8 Å². The Kier molecular flexibility index (Phi) is 4.53. The van der Waals surface area contributed by atoms with E-state index in [2.05, 4.69) is 6.58 Å². The minimum absolute atomic E-state index is 0.308. The highest BCUT2D eigenvalue weighted by Crippen LogP contribution is 2.26. The molecule has 1 aromatic rings. The maximum Gasteiger partial charge on any atom is 0.243 e. The second-order valence-corrected chi connectivity index (χ2v) is 6.10. The lowest BCUT2D eigenvalue weighted by Crippen LogP contribution is -2.32. The third-order valence-corrected chi connectivity index (χ3v) is 5.01. The van der Waals surface area contributed by atoms with E-state index in [0.29, 0.717) is 34.8 Å². The molecule has 18 heavy (non-hydrogen) atoms. The summed E-state index contributed by atoms with van der Waals surface area (Å²) in [5.74, 6) is 0. The average molecular weight is 268 g/mol. The van der Waals surface area contributed by atoms with Crippen LogP contribution in [0.3, 0.4) is 0 Å². The van der Waals surface area contributed by atoms with Gasteiger partial charge < -0.3 is 5.73 Å². The molecule has 0 saturated carbocycles. The monoisotopic (exact) mass is 268 g/mol. The van der Waals surface area contributed by atoms with E-state index in [9.17, 15) is 8.42 Å². The van der Waals surface area contributed by atoms with E-state index < -0.39 is 10.0 Å². The highest BCUT2D eigenvalue weighted by atomic mass is 32.2. The molecule has 0 spiro atoms. The van der Waals surface area contributed by atoms with Gasteiger partial charge in [0.15, 0.2) is 0 Å². The van der Waals surface area contributed by atoms with Crippen LogP contribution in [-0.4, -0.2) is 25.8 Å². The van der Waals surface area contributed by atoms with Gasteiger partial charge in [-0.25, -0.2) is 8.42 Å². The first kappa shape index (κ1) is 14.7. The molecule has 5 heteroatoms. The zero-order valence-corrected chi connectivity index (χ0v) is 11.9. The van der Waals surface area contributed by atoms with Crippen LogP contribution < -0.4 is 5.73 Å². The normalized spacial score (nSPS) is 11.8. The van der Waals surface area contributed by atoms with Gasteiger partial charge in [-0.1, -0.05) is 13.0 Å².